The Balaban J connectivity index is 1.80. The van der Waals surface area contributed by atoms with Crippen LogP contribution < -0.4 is 11.1 Å². The van der Waals surface area contributed by atoms with E-state index < -0.39 is 35.0 Å². The van der Waals surface area contributed by atoms with E-state index in [1.54, 1.807) is 24.0 Å². The monoisotopic (exact) mass is 648 g/mol. The van der Waals surface area contributed by atoms with Crippen LogP contribution in [0.5, 0.6) is 0 Å². The number of primary amides is 1. The van der Waals surface area contributed by atoms with Crippen LogP contribution in [0.2, 0.25) is 0 Å². The fraction of sp³-hybridized carbons (Fsp3) is 0.432. The van der Waals surface area contributed by atoms with Crippen molar-refractivity contribution in [2.24, 2.45) is 17.1 Å². The van der Waals surface area contributed by atoms with E-state index in [1.807, 2.05) is 32.0 Å². The predicted octanol–water partition coefficient (Wildman–Crippen LogP) is 5.67. The van der Waals surface area contributed by atoms with Crippen LogP contribution in [0.25, 0.3) is 5.57 Å². The number of halogens is 2. The summed E-state index contributed by atoms with van der Waals surface area (Å²) >= 11 is 0. The van der Waals surface area contributed by atoms with Gasteiger partial charge in [0.1, 0.15) is 17.9 Å². The highest BCUT2D eigenvalue weighted by Crippen LogP contribution is 2.46. The van der Waals surface area contributed by atoms with Gasteiger partial charge in [0.15, 0.2) is 0 Å². The van der Waals surface area contributed by atoms with Crippen molar-refractivity contribution in [3.63, 3.8) is 0 Å². The molecule has 0 bridgehead atoms. The standard InChI is InChI=1S/C37H46F2N4O4/c1-5-11-43(12-6-2)35(45)29-17-28(32-23-47-42-24(32)4)19-37(20-29,36(40)46)33(16-27-14-30(38)18-31(39)15-27)34(44)22-41-21-26-10-8-9-25(7-3)13-26/h8-10,13-15,17-19,23,33-34,41,44H,5-7,11-12,16,20-22H2,1-4H3,(H2,40,46)/t33-,34+,37?/m1/s1. The van der Waals surface area contributed by atoms with Crippen molar-refractivity contribution in [1.29, 1.82) is 0 Å². The summed E-state index contributed by atoms with van der Waals surface area (Å²) in [5, 5.41) is 19.2. The van der Waals surface area contributed by atoms with Crippen molar-refractivity contribution in [3.8, 4) is 0 Å². The lowest BCUT2D eigenvalue weighted by molar-refractivity contribution is -0.132. The van der Waals surface area contributed by atoms with Gasteiger partial charge in [-0.3, -0.25) is 9.59 Å². The molecule has 4 N–H and O–H groups in total. The van der Waals surface area contributed by atoms with Crippen molar-refractivity contribution in [2.45, 2.75) is 72.4 Å². The first-order valence-electron chi connectivity index (χ1n) is 16.4. The van der Waals surface area contributed by atoms with E-state index in [0.29, 0.717) is 42.0 Å². The highest BCUT2D eigenvalue weighted by atomic mass is 19.1. The number of benzene rings is 2. The minimum Gasteiger partial charge on any atom is -0.391 e. The van der Waals surface area contributed by atoms with E-state index in [1.165, 1.54) is 24.0 Å². The molecule has 47 heavy (non-hydrogen) atoms. The quantitative estimate of drug-likeness (QED) is 0.184. The SMILES string of the molecule is CCCN(CCC)C(=O)C1=CC(c2conc2C)=CC(C(N)=O)([C@H](Cc2cc(F)cc(F)c2)[C@@H](O)CNCc2cccc(CC)c2)C1. The summed E-state index contributed by atoms with van der Waals surface area (Å²) in [6.07, 6.45) is 5.80. The molecule has 0 radical (unpaired) electrons. The number of carbonyl (C=O) groups is 2. The number of allylic oxidation sites excluding steroid dienone is 2. The van der Waals surface area contributed by atoms with Gasteiger partial charge in [-0.2, -0.15) is 0 Å². The molecule has 8 nitrogen and oxygen atoms in total. The molecule has 2 aromatic carbocycles. The van der Waals surface area contributed by atoms with Crippen LogP contribution in [0, 0.1) is 29.9 Å². The number of amides is 2. The number of nitrogens with one attached hydrogen (secondary N) is 1. The van der Waals surface area contributed by atoms with E-state index in [-0.39, 0.29) is 30.9 Å². The molecule has 3 atom stereocenters. The highest BCUT2D eigenvalue weighted by molar-refractivity contribution is 6.01. The zero-order chi connectivity index (χ0) is 34.1. The Bertz CT molecular complexity index is 1590. The molecule has 1 aliphatic rings. The third kappa shape index (κ3) is 8.61. The predicted molar refractivity (Wildman–Crippen MR) is 178 cm³/mol. The summed E-state index contributed by atoms with van der Waals surface area (Å²) < 4.78 is 34.1. The number of aliphatic hydroxyl groups is 1. The van der Waals surface area contributed by atoms with E-state index in [2.05, 4.69) is 23.5 Å². The number of nitrogens with two attached hydrogens (primary N) is 1. The zero-order valence-electron chi connectivity index (χ0n) is 27.7. The molecule has 1 aliphatic carbocycles. The molecule has 1 unspecified atom stereocenters. The van der Waals surface area contributed by atoms with Crippen LogP contribution >= 0.6 is 0 Å². The molecule has 0 saturated heterocycles. The fourth-order valence-corrected chi connectivity index (χ4v) is 6.53. The van der Waals surface area contributed by atoms with Gasteiger partial charge in [0.05, 0.1) is 17.2 Å². The minimum atomic E-state index is -1.62. The van der Waals surface area contributed by atoms with Crippen molar-refractivity contribution >= 4 is 17.4 Å². The summed E-state index contributed by atoms with van der Waals surface area (Å²) in [7, 11) is 0. The zero-order valence-corrected chi connectivity index (χ0v) is 27.7. The summed E-state index contributed by atoms with van der Waals surface area (Å²) in [5.74, 6) is -3.54. The van der Waals surface area contributed by atoms with E-state index in [0.717, 1.165) is 30.9 Å². The lowest BCUT2D eigenvalue weighted by Crippen LogP contribution is -2.51. The van der Waals surface area contributed by atoms with Crippen LogP contribution in [0.1, 0.15) is 68.0 Å². The molecule has 1 aromatic heterocycles. The number of aromatic nitrogens is 1. The minimum absolute atomic E-state index is 0.0497. The van der Waals surface area contributed by atoms with Gasteiger partial charge < -0.3 is 25.6 Å². The van der Waals surface area contributed by atoms with Gasteiger partial charge in [0.2, 0.25) is 11.8 Å². The normalized spacial score (nSPS) is 17.5. The largest absolute Gasteiger partial charge is 0.391 e. The topological polar surface area (TPSA) is 122 Å². The summed E-state index contributed by atoms with van der Waals surface area (Å²) in [6.45, 7) is 9.34. The number of hydrogen-bond donors (Lipinski definition) is 3. The first kappa shape index (κ1) is 35.7. The van der Waals surface area contributed by atoms with Crippen molar-refractivity contribution in [1.82, 2.24) is 15.4 Å². The first-order chi connectivity index (χ1) is 22.5. The fourth-order valence-electron chi connectivity index (χ4n) is 6.53. The van der Waals surface area contributed by atoms with Gasteiger partial charge in [-0.1, -0.05) is 56.3 Å². The molecule has 0 saturated carbocycles. The second-order valence-corrected chi connectivity index (χ2v) is 12.4. The number of aryl methyl sites for hydroxylation is 2. The van der Waals surface area contributed by atoms with Crippen LogP contribution in [-0.4, -0.2) is 52.7 Å². The van der Waals surface area contributed by atoms with Crippen molar-refractivity contribution in [2.75, 3.05) is 19.6 Å². The van der Waals surface area contributed by atoms with Gasteiger partial charge in [-0.05, 0) is 79.5 Å². The Hall–Kier alpha value is -4.15. The van der Waals surface area contributed by atoms with Crippen LogP contribution in [-0.2, 0) is 29.0 Å². The van der Waals surface area contributed by atoms with Crippen LogP contribution in [0.3, 0.4) is 0 Å². The van der Waals surface area contributed by atoms with Crippen LogP contribution in [0.15, 0.2) is 71.0 Å². The Morgan fingerprint density at radius 2 is 1.74 bits per heavy atom. The Morgan fingerprint density at radius 3 is 2.34 bits per heavy atom. The molecule has 252 valence electrons. The lowest BCUT2D eigenvalue weighted by Gasteiger charge is -2.42. The molecule has 1 heterocycles. The molecule has 2 amide bonds. The maximum absolute atomic E-state index is 14.4. The third-order valence-corrected chi connectivity index (χ3v) is 8.88. The highest BCUT2D eigenvalue weighted by Gasteiger charge is 2.49. The van der Waals surface area contributed by atoms with Crippen molar-refractivity contribution < 1.29 is 28.0 Å². The lowest BCUT2D eigenvalue weighted by atomic mass is 9.63. The maximum atomic E-state index is 14.4. The first-order valence-corrected chi connectivity index (χ1v) is 16.4. The average Bonchev–Trinajstić information content (AvgIpc) is 3.48. The van der Waals surface area contributed by atoms with Crippen molar-refractivity contribution in [3.05, 3.63) is 106 Å². The molecule has 0 aliphatic heterocycles. The van der Waals surface area contributed by atoms with Gasteiger partial charge in [-0.15, -0.1) is 0 Å². The second kappa shape index (κ2) is 16.1. The summed E-state index contributed by atoms with van der Waals surface area (Å²) in [4.78, 5) is 29.6. The third-order valence-electron chi connectivity index (χ3n) is 8.88. The summed E-state index contributed by atoms with van der Waals surface area (Å²) in [5.41, 5.74) is 9.04. The average molecular weight is 649 g/mol. The molecule has 3 aromatic rings. The van der Waals surface area contributed by atoms with E-state index in [4.69, 9.17) is 10.3 Å². The molecule has 0 fully saturated rings. The molecular formula is C37H46F2N4O4. The van der Waals surface area contributed by atoms with Gasteiger partial charge >= 0.3 is 0 Å². The summed E-state index contributed by atoms with van der Waals surface area (Å²) in [6, 6.07) is 11.2. The smallest absolute Gasteiger partial charge is 0.249 e. The number of nitrogens with zero attached hydrogens (tertiary/aromatic N) is 2. The van der Waals surface area contributed by atoms with Gasteiger partial charge in [-0.25, -0.2) is 8.78 Å². The van der Waals surface area contributed by atoms with Crippen LogP contribution in [0.4, 0.5) is 8.78 Å². The Morgan fingerprint density at radius 1 is 1.06 bits per heavy atom. The second-order valence-electron chi connectivity index (χ2n) is 12.4. The Labute approximate surface area is 275 Å². The van der Waals surface area contributed by atoms with E-state index >= 15 is 0 Å². The number of rotatable bonds is 16. The molecule has 10 heteroatoms. The van der Waals surface area contributed by atoms with Gasteiger partial charge in [0, 0.05) is 49.3 Å². The Kier molecular flexibility index (Phi) is 12.2. The number of hydrogen-bond acceptors (Lipinski definition) is 6. The number of aliphatic hydroxyl groups excluding tert-OH is 1. The van der Waals surface area contributed by atoms with E-state index in [9.17, 15) is 23.5 Å². The maximum Gasteiger partial charge on any atom is 0.249 e. The molecule has 0 spiro atoms. The number of carbonyl (C=O) groups excluding carboxylic acids is 2. The van der Waals surface area contributed by atoms with Gasteiger partial charge in [0.25, 0.3) is 0 Å². The molecule has 4 rings (SSSR count). The molecular weight excluding hydrogens is 602 g/mol.